The lowest BCUT2D eigenvalue weighted by atomic mass is 9.93. The van der Waals surface area contributed by atoms with Crippen LogP contribution in [0.15, 0.2) is 47.5 Å². The zero-order valence-corrected chi connectivity index (χ0v) is 30.7. The number of aromatic nitrogens is 3. The van der Waals surface area contributed by atoms with Crippen molar-refractivity contribution in [3.05, 3.63) is 65.1 Å². The number of piperidine rings is 1. The van der Waals surface area contributed by atoms with E-state index in [1.165, 1.54) is 23.4 Å². The average molecular weight is 750 g/mol. The molecule has 1 atom stereocenters. The van der Waals surface area contributed by atoms with Crippen LogP contribution in [0.1, 0.15) is 48.2 Å². The van der Waals surface area contributed by atoms with E-state index in [2.05, 4.69) is 20.9 Å². The van der Waals surface area contributed by atoms with E-state index in [0.29, 0.717) is 74.2 Å². The van der Waals surface area contributed by atoms with Gasteiger partial charge in [0.25, 0.3) is 0 Å². The summed E-state index contributed by atoms with van der Waals surface area (Å²) in [6, 6.07) is 9.95. The lowest BCUT2D eigenvalue weighted by molar-refractivity contribution is -0.139. The van der Waals surface area contributed by atoms with E-state index in [9.17, 15) is 31.5 Å². The van der Waals surface area contributed by atoms with Crippen molar-refractivity contribution in [1.82, 2.24) is 33.8 Å². The van der Waals surface area contributed by atoms with Crippen molar-refractivity contribution in [2.24, 2.45) is 0 Å². The Bertz CT molecular complexity index is 1780. The summed E-state index contributed by atoms with van der Waals surface area (Å²) in [5, 5.41) is 16.1. The van der Waals surface area contributed by atoms with Crippen molar-refractivity contribution in [3.63, 3.8) is 0 Å². The minimum absolute atomic E-state index is 0.0200. The average Bonchev–Trinajstić information content (AvgIpc) is 3.45. The molecule has 51 heavy (non-hydrogen) atoms. The number of rotatable bonds is 11. The lowest BCUT2D eigenvalue weighted by Gasteiger charge is -2.34. The van der Waals surface area contributed by atoms with Crippen molar-refractivity contribution < 1.29 is 31.5 Å². The molecule has 278 valence electrons. The molecule has 1 amide bonds. The standard InChI is InChI=1S/C35H46F3N7O4S2/c1-25(46)43-17-15-41(16-18-43)19-20-50-33-21-27(6-7-30(33)35(36,37)38)34-29-24-44(51(2,48)49)14-10-32(29)45(40-34)23-28(47)22-42-12-8-26(9-13-42)31-5-3-4-11-39-31/h3-7,11,21,26,28,47H,8-10,12-20,22-24H2,1-2H3. The fraction of sp³-hybridized carbons (Fsp3) is 0.571. The first-order chi connectivity index (χ1) is 24.3. The summed E-state index contributed by atoms with van der Waals surface area (Å²) < 4.78 is 70.8. The number of pyridine rings is 1. The van der Waals surface area contributed by atoms with Gasteiger partial charge < -0.3 is 14.9 Å². The number of hydrogen-bond acceptors (Lipinski definition) is 9. The monoisotopic (exact) mass is 749 g/mol. The predicted molar refractivity (Wildman–Crippen MR) is 190 cm³/mol. The fourth-order valence-electron chi connectivity index (χ4n) is 7.31. The number of nitrogens with zero attached hydrogens (tertiary/aromatic N) is 7. The minimum Gasteiger partial charge on any atom is -0.390 e. The molecular formula is C35H46F3N7O4S2. The molecule has 1 aromatic carbocycles. The van der Waals surface area contributed by atoms with Gasteiger partial charge in [-0.05, 0) is 50.2 Å². The summed E-state index contributed by atoms with van der Waals surface area (Å²) in [5.74, 6) is 0.826. The number of alkyl halides is 3. The third kappa shape index (κ3) is 9.32. The first-order valence-corrected chi connectivity index (χ1v) is 20.3. The molecule has 3 aromatic rings. The molecule has 2 fully saturated rings. The molecule has 16 heteroatoms. The molecule has 2 saturated heterocycles. The Morgan fingerprint density at radius 2 is 1.76 bits per heavy atom. The number of benzene rings is 1. The SMILES string of the molecule is CC(=O)N1CCN(CCSc2cc(-c3nn(CC(O)CN4CCC(c5ccccn5)CC4)c4c3CN(S(C)(=O)=O)CC4)ccc2C(F)(F)F)CC1. The highest BCUT2D eigenvalue weighted by Gasteiger charge is 2.35. The van der Waals surface area contributed by atoms with Crippen LogP contribution in [-0.2, 0) is 40.5 Å². The lowest BCUT2D eigenvalue weighted by Crippen LogP contribution is -2.48. The van der Waals surface area contributed by atoms with E-state index in [1.807, 2.05) is 18.3 Å². The number of amides is 1. The van der Waals surface area contributed by atoms with Crippen LogP contribution >= 0.6 is 11.8 Å². The topological polar surface area (TPSA) is 115 Å². The molecule has 3 aliphatic rings. The van der Waals surface area contributed by atoms with Gasteiger partial charge >= 0.3 is 6.18 Å². The van der Waals surface area contributed by atoms with E-state index in [-0.39, 0.29) is 30.4 Å². The van der Waals surface area contributed by atoms with Crippen LogP contribution in [0.2, 0.25) is 0 Å². The van der Waals surface area contributed by atoms with Gasteiger partial charge in [0.15, 0.2) is 0 Å². The molecule has 1 unspecified atom stereocenters. The quantitative estimate of drug-likeness (QED) is 0.293. The first kappa shape index (κ1) is 37.7. The predicted octanol–water partition coefficient (Wildman–Crippen LogP) is 3.78. The van der Waals surface area contributed by atoms with Crippen LogP contribution in [0.25, 0.3) is 11.3 Å². The van der Waals surface area contributed by atoms with Crippen LogP contribution in [-0.4, -0.2) is 130 Å². The zero-order chi connectivity index (χ0) is 36.3. The molecule has 1 N–H and O–H groups in total. The van der Waals surface area contributed by atoms with Crippen LogP contribution in [0.4, 0.5) is 13.2 Å². The molecule has 0 saturated carbocycles. The van der Waals surface area contributed by atoms with Crippen molar-refractivity contribution in [2.45, 2.75) is 62.4 Å². The van der Waals surface area contributed by atoms with Gasteiger partial charge in [-0.2, -0.15) is 22.6 Å². The Hall–Kier alpha value is -3.02. The maximum Gasteiger partial charge on any atom is 0.417 e. The summed E-state index contributed by atoms with van der Waals surface area (Å²) in [6.07, 6.45) is -0.0970. The number of carbonyl (C=O) groups excluding carboxylic acids is 1. The molecule has 6 rings (SSSR count). The molecule has 3 aliphatic heterocycles. The maximum atomic E-state index is 14.2. The molecule has 0 spiro atoms. The first-order valence-electron chi connectivity index (χ1n) is 17.4. The fourth-order valence-corrected chi connectivity index (χ4v) is 9.22. The number of fused-ring (bicyclic) bond motifs is 1. The van der Waals surface area contributed by atoms with E-state index >= 15 is 0 Å². The summed E-state index contributed by atoms with van der Waals surface area (Å²) in [4.78, 5) is 22.4. The van der Waals surface area contributed by atoms with Gasteiger partial charge in [0.2, 0.25) is 15.9 Å². The van der Waals surface area contributed by atoms with Crippen LogP contribution in [0.5, 0.6) is 0 Å². The summed E-state index contributed by atoms with van der Waals surface area (Å²) >= 11 is 1.13. The third-order valence-electron chi connectivity index (χ3n) is 10.2. The van der Waals surface area contributed by atoms with Crippen molar-refractivity contribution in [2.75, 3.05) is 70.9 Å². The van der Waals surface area contributed by atoms with Crippen LogP contribution in [0.3, 0.4) is 0 Å². The highest BCUT2D eigenvalue weighted by Crippen LogP contribution is 2.40. The van der Waals surface area contributed by atoms with Gasteiger partial charge in [0.1, 0.15) is 0 Å². The Balaban J connectivity index is 1.19. The van der Waals surface area contributed by atoms with Gasteiger partial charge in [-0.25, -0.2) is 8.42 Å². The summed E-state index contributed by atoms with van der Waals surface area (Å²) in [6.45, 7) is 7.22. The number of aliphatic hydroxyl groups is 1. The van der Waals surface area contributed by atoms with Crippen LogP contribution in [0, 0.1) is 0 Å². The molecular weight excluding hydrogens is 704 g/mol. The molecule has 0 aliphatic carbocycles. The van der Waals surface area contributed by atoms with E-state index in [1.54, 1.807) is 9.58 Å². The highest BCUT2D eigenvalue weighted by molar-refractivity contribution is 7.99. The van der Waals surface area contributed by atoms with Crippen molar-refractivity contribution >= 4 is 27.7 Å². The number of likely N-dealkylation sites (tertiary alicyclic amines) is 1. The van der Waals surface area contributed by atoms with Crippen LogP contribution < -0.4 is 0 Å². The number of piperazine rings is 1. The van der Waals surface area contributed by atoms with E-state index in [4.69, 9.17) is 5.10 Å². The van der Waals surface area contributed by atoms with E-state index < -0.39 is 27.9 Å². The molecule has 5 heterocycles. The number of thioether (sulfide) groups is 1. The third-order valence-corrected chi connectivity index (χ3v) is 12.4. The Morgan fingerprint density at radius 1 is 1.02 bits per heavy atom. The Kier molecular flexibility index (Phi) is 11.8. The minimum atomic E-state index is -4.56. The molecule has 0 bridgehead atoms. The highest BCUT2D eigenvalue weighted by atomic mass is 32.2. The number of aliphatic hydroxyl groups excluding tert-OH is 1. The molecule has 2 aromatic heterocycles. The van der Waals surface area contributed by atoms with Gasteiger partial charge in [-0.1, -0.05) is 12.1 Å². The number of sulfonamides is 1. The van der Waals surface area contributed by atoms with Gasteiger partial charge in [-0.3, -0.25) is 19.4 Å². The summed E-state index contributed by atoms with van der Waals surface area (Å²) in [7, 11) is -3.53. The maximum absolute atomic E-state index is 14.2. The normalized spacial score (nSPS) is 19.3. The smallest absolute Gasteiger partial charge is 0.390 e. The Morgan fingerprint density at radius 3 is 2.41 bits per heavy atom. The summed E-state index contributed by atoms with van der Waals surface area (Å²) in [5.41, 5.74) is 2.69. The molecule has 0 radical (unpaired) electrons. The van der Waals surface area contributed by atoms with Crippen molar-refractivity contribution in [3.8, 4) is 11.3 Å². The van der Waals surface area contributed by atoms with Gasteiger partial charge in [-0.15, -0.1) is 11.8 Å². The van der Waals surface area contributed by atoms with E-state index in [0.717, 1.165) is 61.4 Å². The zero-order valence-electron chi connectivity index (χ0n) is 29.1. The number of hydrogen-bond donors (Lipinski definition) is 1. The number of β-amino-alcohol motifs (C(OH)–C–C–N with tert-alkyl or cyclic N) is 1. The largest absolute Gasteiger partial charge is 0.417 e. The van der Waals surface area contributed by atoms with Crippen molar-refractivity contribution in [1.29, 1.82) is 0 Å². The second kappa shape index (κ2) is 15.9. The second-order valence-electron chi connectivity index (χ2n) is 13.7. The Labute approximate surface area is 301 Å². The van der Waals surface area contributed by atoms with Gasteiger partial charge in [0, 0.05) is 111 Å². The van der Waals surface area contributed by atoms with Gasteiger partial charge in [0.05, 0.1) is 30.2 Å². The number of carbonyl (C=O) groups is 1. The number of halogens is 3. The molecule has 11 nitrogen and oxygen atoms in total. The second-order valence-corrected chi connectivity index (χ2v) is 16.8.